The van der Waals surface area contributed by atoms with Crippen LogP contribution < -0.4 is 11.1 Å². The fraction of sp³-hybridized carbons (Fsp3) is 0.273. The van der Waals surface area contributed by atoms with Gasteiger partial charge in [0.2, 0.25) is 0 Å². The number of aromatic nitrogens is 1. The fourth-order valence-corrected chi connectivity index (χ4v) is 3.28. The van der Waals surface area contributed by atoms with Crippen molar-refractivity contribution >= 4 is 44.3 Å². The summed E-state index contributed by atoms with van der Waals surface area (Å²) in [5, 5.41) is 7.36. The first-order valence-corrected chi connectivity index (χ1v) is 8.38. The van der Waals surface area contributed by atoms with Gasteiger partial charge in [-0.3, -0.25) is 14.1 Å². The van der Waals surface area contributed by atoms with E-state index >= 15 is 0 Å². The molecular weight excluding hydrogens is 362 g/mol. The summed E-state index contributed by atoms with van der Waals surface area (Å²) < 4.78 is 31.2. The number of β-lactam (4-membered cyclic amide) rings is 1. The van der Waals surface area contributed by atoms with Crippen molar-refractivity contribution < 1.29 is 27.4 Å². The van der Waals surface area contributed by atoms with E-state index in [1.807, 2.05) is 5.92 Å². The molecule has 24 heavy (non-hydrogen) atoms. The Hall–Kier alpha value is -2.69. The zero-order chi connectivity index (χ0) is 18.1. The van der Waals surface area contributed by atoms with Crippen molar-refractivity contribution in [3.63, 3.8) is 0 Å². The molecule has 128 valence electrons. The third-order valence-electron chi connectivity index (χ3n) is 2.92. The van der Waals surface area contributed by atoms with Gasteiger partial charge in [-0.05, 0) is 0 Å². The number of terminal acetylenes is 1. The third-order valence-corrected chi connectivity index (χ3v) is 4.50. The van der Waals surface area contributed by atoms with Gasteiger partial charge in [0.05, 0.1) is 0 Å². The van der Waals surface area contributed by atoms with Crippen LogP contribution in [-0.4, -0.2) is 59.0 Å². The molecule has 4 N–H and O–H groups in total. The van der Waals surface area contributed by atoms with Crippen LogP contribution in [0.2, 0.25) is 0 Å². The Balaban J connectivity index is 2.21. The number of hydrogen-bond donors (Lipinski definition) is 3. The van der Waals surface area contributed by atoms with Crippen molar-refractivity contribution in [2.75, 3.05) is 12.8 Å². The summed E-state index contributed by atoms with van der Waals surface area (Å²) >= 11 is 1.05. The molecule has 1 saturated heterocycles. The van der Waals surface area contributed by atoms with Crippen molar-refractivity contribution in [1.82, 2.24) is 14.6 Å². The molecule has 2 atom stereocenters. The van der Waals surface area contributed by atoms with Crippen LogP contribution in [0.3, 0.4) is 0 Å². The summed E-state index contributed by atoms with van der Waals surface area (Å²) in [4.78, 5) is 32.5. The number of anilines is 1. The van der Waals surface area contributed by atoms with E-state index in [2.05, 4.69) is 20.3 Å². The van der Waals surface area contributed by atoms with Crippen molar-refractivity contribution in [1.29, 1.82) is 0 Å². The normalized spacial score (nSPS) is 21.0. The van der Waals surface area contributed by atoms with Crippen LogP contribution >= 0.6 is 11.3 Å². The molecule has 0 aromatic carbocycles. The first-order valence-electron chi connectivity index (χ1n) is 6.11. The van der Waals surface area contributed by atoms with Crippen LogP contribution in [0.15, 0.2) is 10.5 Å². The number of nitrogens with zero attached hydrogens (tertiary/aromatic N) is 3. The predicted molar refractivity (Wildman–Crippen MR) is 83.0 cm³/mol. The standard InChI is InChI=1S/C11H11N5O6S2/c1-3-6-8(10(18)16(6)24(19,20)21)14-9(17)7(15-22-2)5-4-23-11(12)13-5/h1,4,6,8H,2H3,(H2,12,13)(H,14,17)(H,19,20,21)/b15-7-/t6-,8-/m0/s1. The summed E-state index contributed by atoms with van der Waals surface area (Å²) in [7, 11) is -3.62. The minimum absolute atomic E-state index is 0.0892. The summed E-state index contributed by atoms with van der Waals surface area (Å²) in [6, 6.07) is -2.71. The van der Waals surface area contributed by atoms with Gasteiger partial charge >= 0.3 is 10.3 Å². The second-order valence-corrected chi connectivity index (χ2v) is 6.55. The van der Waals surface area contributed by atoms with Crippen LogP contribution in [0.25, 0.3) is 0 Å². The molecule has 1 aliphatic rings. The molecule has 0 unspecified atom stereocenters. The lowest BCUT2D eigenvalue weighted by molar-refractivity contribution is -0.142. The maximum atomic E-state index is 12.3. The Morgan fingerprint density at radius 1 is 1.67 bits per heavy atom. The Morgan fingerprint density at radius 2 is 2.33 bits per heavy atom. The van der Waals surface area contributed by atoms with E-state index in [1.165, 1.54) is 12.5 Å². The molecule has 2 amide bonds. The first kappa shape index (κ1) is 17.7. The van der Waals surface area contributed by atoms with Gasteiger partial charge in [-0.1, -0.05) is 11.1 Å². The highest BCUT2D eigenvalue weighted by molar-refractivity contribution is 7.84. The monoisotopic (exact) mass is 373 g/mol. The molecule has 1 fully saturated rings. The number of carbonyl (C=O) groups excluding carboxylic acids is 2. The topological polar surface area (TPSA) is 164 Å². The minimum Gasteiger partial charge on any atom is -0.398 e. The number of carbonyl (C=O) groups is 2. The average molecular weight is 373 g/mol. The van der Waals surface area contributed by atoms with Gasteiger partial charge in [0, 0.05) is 5.38 Å². The highest BCUT2D eigenvalue weighted by atomic mass is 32.2. The van der Waals surface area contributed by atoms with Crippen LogP contribution in [0.4, 0.5) is 5.13 Å². The van der Waals surface area contributed by atoms with Gasteiger partial charge in [-0.15, -0.1) is 17.8 Å². The summed E-state index contributed by atoms with van der Waals surface area (Å²) in [5.41, 5.74) is 5.31. The smallest absolute Gasteiger partial charge is 0.363 e. The van der Waals surface area contributed by atoms with E-state index in [9.17, 15) is 18.0 Å². The molecule has 1 aromatic rings. The van der Waals surface area contributed by atoms with E-state index in [4.69, 9.17) is 16.7 Å². The maximum absolute atomic E-state index is 12.3. The van der Waals surface area contributed by atoms with E-state index < -0.39 is 34.2 Å². The third kappa shape index (κ3) is 3.15. The molecule has 0 radical (unpaired) electrons. The number of oxime groups is 1. The van der Waals surface area contributed by atoms with Gasteiger partial charge in [-0.2, -0.15) is 12.7 Å². The number of amides is 2. The number of hydrogen-bond acceptors (Lipinski definition) is 9. The molecule has 13 heteroatoms. The van der Waals surface area contributed by atoms with E-state index in [0.717, 1.165) is 11.3 Å². The summed E-state index contributed by atoms with van der Waals surface area (Å²) in [6.07, 6.45) is 5.15. The fourth-order valence-electron chi connectivity index (χ4n) is 1.93. The van der Waals surface area contributed by atoms with Crippen molar-refractivity contribution in [2.45, 2.75) is 12.1 Å². The number of nitrogens with two attached hydrogens (primary N) is 1. The van der Waals surface area contributed by atoms with Crippen molar-refractivity contribution in [2.24, 2.45) is 5.16 Å². The molecule has 1 aliphatic heterocycles. The Bertz CT molecular complexity index is 855. The second kappa shape index (κ2) is 6.43. The number of thiazole rings is 1. The quantitative estimate of drug-likeness (QED) is 0.179. The lowest BCUT2D eigenvalue weighted by atomic mass is 9.99. The summed E-state index contributed by atoms with van der Waals surface area (Å²) in [6.45, 7) is 0. The average Bonchev–Trinajstić information content (AvgIpc) is 2.91. The van der Waals surface area contributed by atoms with Gasteiger partial charge in [-0.25, -0.2) is 4.98 Å². The van der Waals surface area contributed by atoms with E-state index in [1.54, 1.807) is 0 Å². The number of nitrogens with one attached hydrogen (secondary N) is 1. The number of nitrogen functional groups attached to an aromatic ring is 1. The maximum Gasteiger partial charge on any atom is 0.363 e. The van der Waals surface area contributed by atoms with Crippen molar-refractivity contribution in [3.05, 3.63) is 11.1 Å². The Kier molecular flexibility index (Phi) is 4.73. The molecule has 1 aromatic heterocycles. The lowest BCUT2D eigenvalue weighted by Gasteiger charge is -2.41. The molecule has 0 saturated carbocycles. The van der Waals surface area contributed by atoms with E-state index in [-0.39, 0.29) is 20.8 Å². The molecule has 2 rings (SSSR count). The molecule has 0 spiro atoms. The minimum atomic E-state index is -4.82. The van der Waals surface area contributed by atoms with Gasteiger partial charge in [0.25, 0.3) is 11.8 Å². The SMILES string of the molecule is C#C[C@H]1[C@H](NC(=O)/C(=N\OC)c2csc(N)n2)C(=O)N1S(=O)(=O)O. The highest BCUT2D eigenvalue weighted by Crippen LogP contribution is 2.23. The predicted octanol–water partition coefficient (Wildman–Crippen LogP) is -1.79. The first-order chi connectivity index (χ1) is 11.2. The van der Waals surface area contributed by atoms with Crippen molar-refractivity contribution in [3.8, 4) is 12.3 Å². The largest absolute Gasteiger partial charge is 0.398 e. The Morgan fingerprint density at radius 3 is 2.79 bits per heavy atom. The zero-order valence-electron chi connectivity index (χ0n) is 12.0. The van der Waals surface area contributed by atoms with E-state index in [0.29, 0.717) is 0 Å². The van der Waals surface area contributed by atoms with Gasteiger partial charge in [0.1, 0.15) is 24.9 Å². The Labute approximate surface area is 140 Å². The highest BCUT2D eigenvalue weighted by Gasteiger charge is 2.53. The molecular formula is C11H11N5O6S2. The van der Waals surface area contributed by atoms with Crippen LogP contribution in [-0.2, 0) is 24.7 Å². The molecule has 0 aliphatic carbocycles. The lowest BCUT2D eigenvalue weighted by Crippen LogP contribution is -2.71. The van der Waals surface area contributed by atoms with Crippen LogP contribution in [0.5, 0.6) is 0 Å². The van der Waals surface area contributed by atoms with Crippen LogP contribution in [0, 0.1) is 12.3 Å². The second-order valence-electron chi connectivity index (χ2n) is 4.37. The molecule has 11 nitrogen and oxygen atoms in total. The van der Waals surface area contributed by atoms with Gasteiger partial charge < -0.3 is 15.9 Å². The van der Waals surface area contributed by atoms with Crippen LogP contribution in [0.1, 0.15) is 5.69 Å². The summed E-state index contributed by atoms with van der Waals surface area (Å²) in [5.74, 6) is 0.0461. The zero-order valence-corrected chi connectivity index (χ0v) is 13.7. The number of rotatable bonds is 5. The molecule has 0 bridgehead atoms. The molecule has 2 heterocycles. The van der Waals surface area contributed by atoms with Gasteiger partial charge in [0.15, 0.2) is 10.8 Å².